The summed E-state index contributed by atoms with van der Waals surface area (Å²) in [6, 6.07) is 9.92. The van der Waals surface area contributed by atoms with Crippen molar-refractivity contribution >= 4 is 11.6 Å². The van der Waals surface area contributed by atoms with E-state index in [0.29, 0.717) is 0 Å². The summed E-state index contributed by atoms with van der Waals surface area (Å²) < 4.78 is 0. The summed E-state index contributed by atoms with van der Waals surface area (Å²) >= 11 is 6.20. The third kappa shape index (κ3) is 1.73. The number of nitrogens with one attached hydrogen (secondary N) is 1. The Morgan fingerprint density at radius 1 is 1.23 bits per heavy atom. The number of hydrogen-bond acceptors (Lipinski definition) is 1. The zero-order valence-corrected chi connectivity index (χ0v) is 7.70. The Bertz CT molecular complexity index is 356. The number of aromatic nitrogens is 2. The third-order valence-corrected chi connectivity index (χ3v) is 2.37. The smallest absolute Gasteiger partial charge is 0.1000 e. The predicted octanol–water partition coefficient (Wildman–Crippen LogP) is 2.74. The van der Waals surface area contributed by atoms with Crippen molar-refractivity contribution in [3.05, 3.63) is 54.1 Å². The van der Waals surface area contributed by atoms with Crippen LogP contribution in [0.5, 0.6) is 0 Å². The molecule has 0 fully saturated rings. The Kier molecular flexibility index (Phi) is 2.32. The molecular formula is C10H9ClN2. The molecule has 1 heterocycles. The first-order valence-corrected chi connectivity index (χ1v) is 4.49. The maximum absolute atomic E-state index is 6.20. The zero-order chi connectivity index (χ0) is 9.10. The highest BCUT2D eigenvalue weighted by Gasteiger charge is 2.10. The number of imidazole rings is 1. The van der Waals surface area contributed by atoms with E-state index < -0.39 is 0 Å². The standard InChI is InChI=1S/C10H9ClN2/c11-10(9-6-12-7-13-9)8-4-2-1-3-5-8/h1-7,10H,(H,12,13). The molecule has 1 atom stereocenters. The number of nitrogens with zero attached hydrogens (tertiary/aromatic N) is 1. The fraction of sp³-hybridized carbons (Fsp3) is 0.100. The summed E-state index contributed by atoms with van der Waals surface area (Å²) in [5, 5.41) is -0.135. The summed E-state index contributed by atoms with van der Waals surface area (Å²) in [6.45, 7) is 0. The lowest BCUT2D eigenvalue weighted by atomic mass is 10.1. The van der Waals surface area contributed by atoms with E-state index in [9.17, 15) is 0 Å². The van der Waals surface area contributed by atoms with Crippen LogP contribution in [0.1, 0.15) is 16.6 Å². The number of H-pyrrole nitrogens is 1. The summed E-state index contributed by atoms with van der Waals surface area (Å²) in [5.41, 5.74) is 2.00. The first-order valence-electron chi connectivity index (χ1n) is 4.05. The minimum atomic E-state index is -0.135. The molecule has 0 amide bonds. The quantitative estimate of drug-likeness (QED) is 0.729. The van der Waals surface area contributed by atoms with Crippen LogP contribution in [0.25, 0.3) is 0 Å². The van der Waals surface area contributed by atoms with Gasteiger partial charge >= 0.3 is 0 Å². The minimum Gasteiger partial charge on any atom is -0.347 e. The Morgan fingerprint density at radius 3 is 2.62 bits per heavy atom. The van der Waals surface area contributed by atoms with Gasteiger partial charge in [-0.1, -0.05) is 30.3 Å². The zero-order valence-electron chi connectivity index (χ0n) is 6.94. The van der Waals surface area contributed by atoms with Crippen LogP contribution < -0.4 is 0 Å². The van der Waals surface area contributed by atoms with Crippen LogP contribution in [-0.2, 0) is 0 Å². The van der Waals surface area contributed by atoms with Crippen LogP contribution in [0.2, 0.25) is 0 Å². The highest BCUT2D eigenvalue weighted by molar-refractivity contribution is 6.22. The normalized spacial score (nSPS) is 12.7. The molecule has 2 nitrogen and oxygen atoms in total. The fourth-order valence-corrected chi connectivity index (χ4v) is 1.47. The third-order valence-electron chi connectivity index (χ3n) is 1.88. The second kappa shape index (κ2) is 3.62. The van der Waals surface area contributed by atoms with Gasteiger partial charge in [-0.05, 0) is 5.56 Å². The Hall–Kier alpha value is -1.28. The molecule has 13 heavy (non-hydrogen) atoms. The fourth-order valence-electron chi connectivity index (χ4n) is 1.21. The van der Waals surface area contributed by atoms with E-state index in [1.54, 1.807) is 12.5 Å². The van der Waals surface area contributed by atoms with Gasteiger partial charge in [0.2, 0.25) is 0 Å². The molecule has 0 spiro atoms. The lowest BCUT2D eigenvalue weighted by molar-refractivity contribution is 1.07. The molecule has 0 saturated heterocycles. The molecule has 0 bridgehead atoms. The molecule has 2 aromatic rings. The molecule has 3 heteroatoms. The van der Waals surface area contributed by atoms with Gasteiger partial charge in [0.05, 0.1) is 17.4 Å². The summed E-state index contributed by atoms with van der Waals surface area (Å²) in [7, 11) is 0. The molecule has 1 aromatic carbocycles. The van der Waals surface area contributed by atoms with E-state index in [0.717, 1.165) is 11.3 Å². The number of benzene rings is 1. The lowest BCUT2D eigenvalue weighted by Gasteiger charge is -2.06. The molecule has 0 aliphatic heterocycles. The molecule has 66 valence electrons. The highest BCUT2D eigenvalue weighted by atomic mass is 35.5. The molecule has 0 saturated carbocycles. The molecule has 1 aromatic heterocycles. The van der Waals surface area contributed by atoms with E-state index in [1.165, 1.54) is 0 Å². The van der Waals surface area contributed by atoms with Crippen molar-refractivity contribution in [2.24, 2.45) is 0 Å². The predicted molar refractivity (Wildman–Crippen MR) is 52.7 cm³/mol. The van der Waals surface area contributed by atoms with Crippen LogP contribution in [0.15, 0.2) is 42.9 Å². The van der Waals surface area contributed by atoms with E-state index in [2.05, 4.69) is 9.97 Å². The van der Waals surface area contributed by atoms with Crippen molar-refractivity contribution < 1.29 is 0 Å². The van der Waals surface area contributed by atoms with E-state index in [4.69, 9.17) is 11.6 Å². The molecule has 1 unspecified atom stereocenters. The minimum absolute atomic E-state index is 0.135. The molecule has 2 rings (SSSR count). The van der Waals surface area contributed by atoms with Crippen molar-refractivity contribution in [3.63, 3.8) is 0 Å². The largest absolute Gasteiger partial charge is 0.347 e. The summed E-state index contributed by atoms with van der Waals surface area (Å²) in [6.07, 6.45) is 3.37. The van der Waals surface area contributed by atoms with Crippen molar-refractivity contribution in [2.75, 3.05) is 0 Å². The lowest BCUT2D eigenvalue weighted by Crippen LogP contribution is -1.92. The van der Waals surface area contributed by atoms with Gasteiger partial charge in [-0.25, -0.2) is 4.98 Å². The van der Waals surface area contributed by atoms with Gasteiger partial charge < -0.3 is 4.98 Å². The van der Waals surface area contributed by atoms with Crippen molar-refractivity contribution in [1.29, 1.82) is 0 Å². The Balaban J connectivity index is 2.29. The van der Waals surface area contributed by atoms with Crippen LogP contribution >= 0.6 is 11.6 Å². The summed E-state index contributed by atoms with van der Waals surface area (Å²) in [5.74, 6) is 0. The van der Waals surface area contributed by atoms with Gasteiger partial charge in [0, 0.05) is 6.20 Å². The average Bonchev–Trinajstić information content (AvgIpc) is 2.71. The van der Waals surface area contributed by atoms with Gasteiger partial charge in [0.1, 0.15) is 0 Å². The van der Waals surface area contributed by atoms with E-state index >= 15 is 0 Å². The first kappa shape index (κ1) is 8.32. The van der Waals surface area contributed by atoms with Gasteiger partial charge in [0.25, 0.3) is 0 Å². The van der Waals surface area contributed by atoms with Crippen molar-refractivity contribution in [3.8, 4) is 0 Å². The number of aromatic amines is 1. The summed E-state index contributed by atoms with van der Waals surface area (Å²) in [4.78, 5) is 6.92. The monoisotopic (exact) mass is 192 g/mol. The maximum atomic E-state index is 6.20. The highest BCUT2D eigenvalue weighted by Crippen LogP contribution is 2.25. The second-order valence-corrected chi connectivity index (χ2v) is 3.22. The average molecular weight is 193 g/mol. The van der Waals surface area contributed by atoms with Crippen LogP contribution in [0.3, 0.4) is 0 Å². The SMILES string of the molecule is ClC(c1ccccc1)c1cnc[nH]1. The van der Waals surface area contributed by atoms with Gasteiger partial charge in [0.15, 0.2) is 0 Å². The maximum Gasteiger partial charge on any atom is 0.1000 e. The van der Waals surface area contributed by atoms with Gasteiger partial charge in [-0.3, -0.25) is 0 Å². The van der Waals surface area contributed by atoms with E-state index in [1.807, 2.05) is 30.3 Å². The van der Waals surface area contributed by atoms with Crippen LogP contribution in [0, 0.1) is 0 Å². The number of alkyl halides is 1. The second-order valence-electron chi connectivity index (χ2n) is 2.78. The Morgan fingerprint density at radius 2 is 2.00 bits per heavy atom. The number of hydrogen-bond donors (Lipinski definition) is 1. The topological polar surface area (TPSA) is 28.7 Å². The molecule has 0 radical (unpaired) electrons. The van der Waals surface area contributed by atoms with Crippen LogP contribution in [-0.4, -0.2) is 9.97 Å². The molecule has 0 aliphatic rings. The number of halogens is 1. The van der Waals surface area contributed by atoms with E-state index in [-0.39, 0.29) is 5.38 Å². The molecule has 1 N–H and O–H groups in total. The number of rotatable bonds is 2. The molecule has 0 aliphatic carbocycles. The van der Waals surface area contributed by atoms with Crippen molar-refractivity contribution in [2.45, 2.75) is 5.38 Å². The Labute approximate surface area is 81.6 Å². The van der Waals surface area contributed by atoms with Gasteiger partial charge in [-0.2, -0.15) is 0 Å². The van der Waals surface area contributed by atoms with Crippen molar-refractivity contribution in [1.82, 2.24) is 9.97 Å². The first-order chi connectivity index (χ1) is 6.38. The molecular weight excluding hydrogens is 184 g/mol. The van der Waals surface area contributed by atoms with Gasteiger partial charge in [-0.15, -0.1) is 11.6 Å². The van der Waals surface area contributed by atoms with Crippen LogP contribution in [0.4, 0.5) is 0 Å².